The summed E-state index contributed by atoms with van der Waals surface area (Å²) >= 11 is 0. The summed E-state index contributed by atoms with van der Waals surface area (Å²) in [6, 6.07) is 0. The van der Waals surface area contributed by atoms with Crippen LogP contribution in [0.15, 0.2) is 0 Å². The van der Waals surface area contributed by atoms with E-state index < -0.39 is 23.1 Å². The van der Waals surface area contributed by atoms with Crippen molar-refractivity contribution in [3.05, 3.63) is 0 Å². The molecule has 1 aliphatic heterocycles. The zero-order chi connectivity index (χ0) is 11.7. The van der Waals surface area contributed by atoms with Gasteiger partial charge in [-0.15, -0.1) is 0 Å². The van der Waals surface area contributed by atoms with Gasteiger partial charge in [-0.05, 0) is 13.3 Å². The summed E-state index contributed by atoms with van der Waals surface area (Å²) in [5.74, 6) is -3.75. The average Bonchev–Trinajstić information content (AvgIpc) is 2.18. The Hall–Kier alpha value is -1.14. The monoisotopic (exact) mass is 218 g/mol. The molecule has 1 fully saturated rings. The van der Waals surface area contributed by atoms with Gasteiger partial charge in [-0.25, -0.2) is 0 Å². The van der Waals surface area contributed by atoms with Crippen LogP contribution in [-0.2, 0) is 19.1 Å². The third kappa shape index (κ3) is 1.95. The number of hydrogen-bond acceptors (Lipinski definition) is 4. The van der Waals surface area contributed by atoms with Gasteiger partial charge in [-0.2, -0.15) is 0 Å². The zero-order valence-electron chi connectivity index (χ0n) is 8.65. The zero-order valence-corrected chi connectivity index (χ0v) is 8.65. The van der Waals surface area contributed by atoms with Gasteiger partial charge in [0.15, 0.2) is 5.79 Å². The fourth-order valence-electron chi connectivity index (χ4n) is 1.18. The van der Waals surface area contributed by atoms with E-state index in [0.717, 1.165) is 0 Å². The minimum Gasteiger partial charge on any atom is -0.480 e. The van der Waals surface area contributed by atoms with Crippen LogP contribution < -0.4 is 0 Å². The molecular formula is C9H14O6. The van der Waals surface area contributed by atoms with Crippen LogP contribution in [0.1, 0.15) is 20.3 Å². The van der Waals surface area contributed by atoms with Gasteiger partial charge < -0.3 is 19.7 Å². The van der Waals surface area contributed by atoms with E-state index in [0.29, 0.717) is 6.42 Å². The number of hydrogen-bond donors (Lipinski definition) is 2. The molecule has 0 aliphatic carbocycles. The predicted octanol–water partition coefficient (Wildman–Crippen LogP) is 0.315. The number of carboxylic acid groups (broad SMARTS) is 2. The van der Waals surface area contributed by atoms with Gasteiger partial charge in [0.05, 0.1) is 13.2 Å². The molecule has 6 nitrogen and oxygen atoms in total. The van der Waals surface area contributed by atoms with E-state index in [4.69, 9.17) is 19.7 Å². The van der Waals surface area contributed by atoms with Crippen molar-refractivity contribution in [1.82, 2.24) is 0 Å². The average molecular weight is 218 g/mol. The van der Waals surface area contributed by atoms with E-state index in [1.807, 2.05) is 6.92 Å². The van der Waals surface area contributed by atoms with Crippen LogP contribution in [0.25, 0.3) is 0 Å². The Morgan fingerprint density at radius 2 is 1.60 bits per heavy atom. The lowest BCUT2D eigenvalue weighted by molar-refractivity contribution is -0.291. The van der Waals surface area contributed by atoms with Gasteiger partial charge in [0, 0.05) is 0 Å². The highest BCUT2D eigenvalue weighted by molar-refractivity contribution is 5.98. The largest absolute Gasteiger partial charge is 0.480 e. The molecule has 1 rings (SSSR count). The minimum atomic E-state index is -1.98. The molecule has 0 aromatic heterocycles. The van der Waals surface area contributed by atoms with Crippen molar-refractivity contribution in [1.29, 1.82) is 0 Å². The van der Waals surface area contributed by atoms with Crippen molar-refractivity contribution < 1.29 is 29.3 Å². The maximum absolute atomic E-state index is 10.9. The third-order valence-electron chi connectivity index (χ3n) is 2.71. The van der Waals surface area contributed by atoms with Gasteiger partial charge in [0.2, 0.25) is 5.41 Å². The minimum absolute atomic E-state index is 0.373. The molecule has 1 saturated heterocycles. The fourth-order valence-corrected chi connectivity index (χ4v) is 1.18. The van der Waals surface area contributed by atoms with Crippen LogP contribution in [0.3, 0.4) is 0 Å². The standard InChI is InChI=1S/C9H14O6/c1-3-8(2)14-4-9(5-15-8,6(10)11)7(12)13/h3-5H2,1-2H3,(H,10,11)(H,12,13). The Balaban J connectivity index is 2.83. The maximum Gasteiger partial charge on any atom is 0.325 e. The van der Waals surface area contributed by atoms with Crippen LogP contribution in [0, 0.1) is 5.41 Å². The number of rotatable bonds is 3. The molecule has 6 heteroatoms. The van der Waals surface area contributed by atoms with Gasteiger partial charge in [0.25, 0.3) is 0 Å². The molecule has 15 heavy (non-hydrogen) atoms. The lowest BCUT2D eigenvalue weighted by Gasteiger charge is -2.39. The Morgan fingerprint density at radius 1 is 1.20 bits per heavy atom. The highest BCUT2D eigenvalue weighted by atomic mass is 16.7. The molecule has 86 valence electrons. The highest BCUT2D eigenvalue weighted by Crippen LogP contribution is 2.32. The molecule has 0 unspecified atom stereocenters. The van der Waals surface area contributed by atoms with Crippen molar-refractivity contribution in [2.75, 3.05) is 13.2 Å². The van der Waals surface area contributed by atoms with Crippen molar-refractivity contribution >= 4 is 11.9 Å². The topological polar surface area (TPSA) is 93.1 Å². The molecule has 1 heterocycles. The van der Waals surface area contributed by atoms with Gasteiger partial charge in [-0.3, -0.25) is 9.59 Å². The normalized spacial score (nSPS) is 23.3. The van der Waals surface area contributed by atoms with E-state index in [2.05, 4.69) is 0 Å². The lowest BCUT2D eigenvalue weighted by atomic mass is 9.89. The molecule has 0 bridgehead atoms. The van der Waals surface area contributed by atoms with E-state index in [1.54, 1.807) is 6.92 Å². The molecule has 0 aromatic rings. The summed E-state index contributed by atoms with van der Waals surface area (Å²) in [5, 5.41) is 17.7. The molecule has 1 aliphatic rings. The Labute approximate surface area is 86.8 Å². The molecule has 0 amide bonds. The van der Waals surface area contributed by atoms with E-state index in [9.17, 15) is 9.59 Å². The summed E-state index contributed by atoms with van der Waals surface area (Å²) in [4.78, 5) is 21.8. The third-order valence-corrected chi connectivity index (χ3v) is 2.71. The Bertz CT molecular complexity index is 260. The Morgan fingerprint density at radius 3 is 1.87 bits per heavy atom. The number of carboxylic acids is 2. The molecule has 0 spiro atoms. The highest BCUT2D eigenvalue weighted by Gasteiger charge is 2.53. The summed E-state index contributed by atoms with van der Waals surface area (Å²) < 4.78 is 10.3. The van der Waals surface area contributed by atoms with Crippen molar-refractivity contribution in [2.24, 2.45) is 5.41 Å². The lowest BCUT2D eigenvalue weighted by Crippen LogP contribution is -2.55. The second-order valence-electron chi connectivity index (χ2n) is 3.76. The SMILES string of the molecule is CCC1(C)OCC(C(=O)O)(C(=O)O)CO1. The quantitative estimate of drug-likeness (QED) is 0.662. The van der Waals surface area contributed by atoms with E-state index in [1.165, 1.54) is 0 Å². The van der Waals surface area contributed by atoms with Crippen LogP contribution >= 0.6 is 0 Å². The summed E-state index contributed by atoms with van der Waals surface area (Å²) in [6.07, 6.45) is 0.530. The van der Waals surface area contributed by atoms with Crippen molar-refractivity contribution in [3.63, 3.8) is 0 Å². The molecular weight excluding hydrogens is 204 g/mol. The number of carbonyl (C=O) groups is 2. The summed E-state index contributed by atoms with van der Waals surface area (Å²) in [7, 11) is 0. The maximum atomic E-state index is 10.9. The van der Waals surface area contributed by atoms with Crippen LogP contribution in [0.4, 0.5) is 0 Å². The second kappa shape index (κ2) is 3.79. The van der Waals surface area contributed by atoms with Gasteiger partial charge in [0.1, 0.15) is 0 Å². The first kappa shape index (κ1) is 11.9. The first-order valence-corrected chi connectivity index (χ1v) is 4.61. The van der Waals surface area contributed by atoms with Crippen LogP contribution in [-0.4, -0.2) is 41.2 Å². The van der Waals surface area contributed by atoms with Gasteiger partial charge >= 0.3 is 11.9 Å². The van der Waals surface area contributed by atoms with Crippen LogP contribution in [0.5, 0.6) is 0 Å². The summed E-state index contributed by atoms with van der Waals surface area (Å²) in [6.45, 7) is 2.72. The number of aliphatic carboxylic acids is 2. The van der Waals surface area contributed by atoms with Crippen LogP contribution in [0.2, 0.25) is 0 Å². The first-order valence-electron chi connectivity index (χ1n) is 4.61. The van der Waals surface area contributed by atoms with Gasteiger partial charge in [-0.1, -0.05) is 6.92 Å². The summed E-state index contributed by atoms with van der Waals surface area (Å²) in [5.41, 5.74) is -1.98. The van der Waals surface area contributed by atoms with E-state index in [-0.39, 0.29) is 13.2 Å². The van der Waals surface area contributed by atoms with E-state index >= 15 is 0 Å². The molecule has 2 N–H and O–H groups in total. The van der Waals surface area contributed by atoms with Crippen molar-refractivity contribution in [3.8, 4) is 0 Å². The predicted molar refractivity (Wildman–Crippen MR) is 48.3 cm³/mol. The number of ether oxygens (including phenoxy) is 2. The Kier molecular flexibility index (Phi) is 3.01. The molecule has 0 saturated carbocycles. The van der Waals surface area contributed by atoms with Crippen molar-refractivity contribution in [2.45, 2.75) is 26.1 Å². The molecule has 0 atom stereocenters. The molecule has 0 radical (unpaired) electrons. The fraction of sp³-hybridized carbons (Fsp3) is 0.778. The second-order valence-corrected chi connectivity index (χ2v) is 3.76. The first-order chi connectivity index (χ1) is 6.86. The molecule has 0 aromatic carbocycles. The smallest absolute Gasteiger partial charge is 0.325 e.